The second-order valence-electron chi connectivity index (χ2n) is 7.31. The fourth-order valence-electron chi connectivity index (χ4n) is 3.34. The number of likely N-dealkylation sites (tertiary alicyclic amines) is 1. The molecule has 2 N–H and O–H groups in total. The molecule has 0 unspecified atom stereocenters. The van der Waals surface area contributed by atoms with Crippen LogP contribution in [0.15, 0.2) is 48.5 Å². The van der Waals surface area contributed by atoms with Crippen molar-refractivity contribution in [3.05, 3.63) is 70.8 Å². The topological polar surface area (TPSA) is 89.7 Å². The molecule has 0 aliphatic carbocycles. The van der Waals surface area contributed by atoms with E-state index in [2.05, 4.69) is 0 Å². The predicted octanol–water partition coefficient (Wildman–Crippen LogP) is 3.40. The van der Waals surface area contributed by atoms with Gasteiger partial charge in [-0.25, -0.2) is 0 Å². The second kappa shape index (κ2) is 9.20. The van der Waals surface area contributed by atoms with Crippen molar-refractivity contribution in [1.29, 1.82) is 0 Å². The lowest BCUT2D eigenvalue weighted by Crippen LogP contribution is -2.40. The number of primary amides is 1. The summed E-state index contributed by atoms with van der Waals surface area (Å²) in [6.07, 6.45) is -3.64. The second-order valence-corrected chi connectivity index (χ2v) is 7.31. The summed E-state index contributed by atoms with van der Waals surface area (Å²) in [6, 6.07) is 10.5. The molecular weight excluding hydrogens is 413 g/mol. The molecule has 1 aliphatic rings. The normalized spacial score (nSPS) is 14.9. The van der Waals surface area contributed by atoms with Gasteiger partial charge < -0.3 is 15.4 Å². The minimum Gasteiger partial charge on any atom is -0.461 e. The predicted molar refractivity (Wildman–Crippen MR) is 105 cm³/mol. The largest absolute Gasteiger partial charge is 0.461 e. The van der Waals surface area contributed by atoms with E-state index >= 15 is 0 Å². The number of nitrogens with two attached hydrogens (primary N) is 1. The number of carbonyl (C=O) groups is 3. The van der Waals surface area contributed by atoms with Crippen LogP contribution >= 0.6 is 0 Å². The Morgan fingerprint density at radius 1 is 0.935 bits per heavy atom. The average molecular weight is 434 g/mol. The summed E-state index contributed by atoms with van der Waals surface area (Å²) >= 11 is 0. The molecule has 0 atom stereocenters. The van der Waals surface area contributed by atoms with E-state index in [0.29, 0.717) is 37.1 Å². The first kappa shape index (κ1) is 22.3. The molecule has 0 saturated carbocycles. The molecular formula is C22H21F3N2O4. The maximum Gasteiger partial charge on any atom is 0.416 e. The summed E-state index contributed by atoms with van der Waals surface area (Å²) in [5, 5.41) is 0. The number of carbonyl (C=O) groups excluding carboxylic acids is 3. The van der Waals surface area contributed by atoms with Crippen LogP contribution in [-0.4, -0.2) is 35.8 Å². The minimum atomic E-state index is -4.45. The number of piperidine rings is 1. The van der Waals surface area contributed by atoms with Crippen LogP contribution in [0.25, 0.3) is 0 Å². The Hall–Kier alpha value is -3.36. The van der Waals surface area contributed by atoms with Crippen molar-refractivity contribution < 1.29 is 32.3 Å². The van der Waals surface area contributed by atoms with Crippen LogP contribution in [0.3, 0.4) is 0 Å². The molecule has 1 heterocycles. The number of rotatable bonds is 5. The van der Waals surface area contributed by atoms with Gasteiger partial charge in [0.15, 0.2) is 0 Å². The standard InChI is InChI=1S/C22H21F3N2O4/c23-22(24,25)18-7-5-16(6-8-18)20(29)27-11-9-17(10-12-27)21(30)31-13-14-1-3-15(4-2-14)19(26)28/h1-8,17H,9-13H2,(H2,26,28). The number of hydrogen-bond acceptors (Lipinski definition) is 4. The summed E-state index contributed by atoms with van der Waals surface area (Å²) in [5.74, 6) is -1.64. The van der Waals surface area contributed by atoms with Crippen LogP contribution in [0.2, 0.25) is 0 Å². The zero-order chi connectivity index (χ0) is 22.6. The minimum absolute atomic E-state index is 0.0581. The van der Waals surface area contributed by atoms with Gasteiger partial charge in [-0.05, 0) is 54.8 Å². The molecule has 164 valence electrons. The summed E-state index contributed by atoms with van der Waals surface area (Å²) in [4.78, 5) is 37.4. The molecule has 1 saturated heterocycles. The van der Waals surface area contributed by atoms with Crippen LogP contribution in [0.1, 0.15) is 44.7 Å². The van der Waals surface area contributed by atoms with Crippen molar-refractivity contribution in [2.75, 3.05) is 13.1 Å². The van der Waals surface area contributed by atoms with Gasteiger partial charge in [0.1, 0.15) is 6.61 Å². The molecule has 31 heavy (non-hydrogen) atoms. The van der Waals surface area contributed by atoms with E-state index in [1.54, 1.807) is 24.3 Å². The lowest BCUT2D eigenvalue weighted by molar-refractivity contribution is -0.151. The highest BCUT2D eigenvalue weighted by atomic mass is 19.4. The molecule has 0 radical (unpaired) electrons. The smallest absolute Gasteiger partial charge is 0.416 e. The Morgan fingerprint density at radius 3 is 2.00 bits per heavy atom. The Morgan fingerprint density at radius 2 is 1.48 bits per heavy atom. The van der Waals surface area contributed by atoms with Gasteiger partial charge in [0.05, 0.1) is 11.5 Å². The average Bonchev–Trinajstić information content (AvgIpc) is 2.77. The van der Waals surface area contributed by atoms with Gasteiger partial charge in [-0.1, -0.05) is 12.1 Å². The maximum atomic E-state index is 12.7. The molecule has 2 aromatic carbocycles. The SMILES string of the molecule is NC(=O)c1ccc(COC(=O)C2CCN(C(=O)c3ccc(C(F)(F)F)cc3)CC2)cc1. The number of nitrogens with zero attached hydrogens (tertiary/aromatic N) is 1. The maximum absolute atomic E-state index is 12.7. The van der Waals surface area contributed by atoms with Gasteiger partial charge in [-0.3, -0.25) is 14.4 Å². The van der Waals surface area contributed by atoms with E-state index in [4.69, 9.17) is 10.5 Å². The lowest BCUT2D eigenvalue weighted by Gasteiger charge is -2.31. The van der Waals surface area contributed by atoms with Gasteiger partial charge in [0.2, 0.25) is 5.91 Å². The van der Waals surface area contributed by atoms with Crippen molar-refractivity contribution in [2.45, 2.75) is 25.6 Å². The first-order chi connectivity index (χ1) is 14.6. The molecule has 0 spiro atoms. The molecule has 1 fully saturated rings. The van der Waals surface area contributed by atoms with Crippen LogP contribution in [0.5, 0.6) is 0 Å². The number of ether oxygens (including phenoxy) is 1. The zero-order valence-electron chi connectivity index (χ0n) is 16.5. The van der Waals surface area contributed by atoms with Gasteiger partial charge in [0.25, 0.3) is 5.91 Å². The van der Waals surface area contributed by atoms with E-state index < -0.39 is 17.6 Å². The molecule has 1 aliphatic heterocycles. The molecule has 2 amide bonds. The number of halogens is 3. The fourth-order valence-corrected chi connectivity index (χ4v) is 3.34. The van der Waals surface area contributed by atoms with Gasteiger partial charge in [-0.2, -0.15) is 13.2 Å². The van der Waals surface area contributed by atoms with Crippen molar-refractivity contribution >= 4 is 17.8 Å². The highest BCUT2D eigenvalue weighted by Crippen LogP contribution is 2.29. The third-order valence-corrected chi connectivity index (χ3v) is 5.19. The molecule has 2 aromatic rings. The van der Waals surface area contributed by atoms with Crippen LogP contribution in [-0.2, 0) is 22.3 Å². The summed E-state index contributed by atoms with van der Waals surface area (Å²) in [6.45, 7) is 0.683. The number of amides is 2. The third-order valence-electron chi connectivity index (χ3n) is 5.19. The lowest BCUT2D eigenvalue weighted by atomic mass is 9.96. The van der Waals surface area contributed by atoms with Gasteiger partial charge in [0, 0.05) is 24.2 Å². The van der Waals surface area contributed by atoms with E-state index in [9.17, 15) is 27.6 Å². The molecule has 6 nitrogen and oxygen atoms in total. The third kappa shape index (κ3) is 5.62. The quantitative estimate of drug-likeness (QED) is 0.731. The van der Waals surface area contributed by atoms with Crippen molar-refractivity contribution in [1.82, 2.24) is 4.90 Å². The summed E-state index contributed by atoms with van der Waals surface area (Å²) < 4.78 is 43.3. The number of benzene rings is 2. The van der Waals surface area contributed by atoms with Crippen LogP contribution in [0.4, 0.5) is 13.2 Å². The van der Waals surface area contributed by atoms with E-state index in [0.717, 1.165) is 24.3 Å². The van der Waals surface area contributed by atoms with E-state index in [1.165, 1.54) is 4.90 Å². The van der Waals surface area contributed by atoms with Gasteiger partial charge >= 0.3 is 12.1 Å². The van der Waals surface area contributed by atoms with E-state index in [1.807, 2.05) is 0 Å². The Bertz CT molecular complexity index is 948. The Labute approximate surface area is 176 Å². The number of alkyl halides is 3. The van der Waals surface area contributed by atoms with Crippen molar-refractivity contribution in [3.63, 3.8) is 0 Å². The number of hydrogen-bond donors (Lipinski definition) is 1. The first-order valence-electron chi connectivity index (χ1n) is 9.67. The fraction of sp³-hybridized carbons (Fsp3) is 0.318. The van der Waals surface area contributed by atoms with E-state index in [-0.39, 0.29) is 30.0 Å². The van der Waals surface area contributed by atoms with Crippen molar-refractivity contribution in [3.8, 4) is 0 Å². The monoisotopic (exact) mass is 434 g/mol. The molecule has 0 aromatic heterocycles. The Kier molecular flexibility index (Phi) is 6.62. The van der Waals surface area contributed by atoms with Crippen LogP contribution in [0, 0.1) is 5.92 Å². The first-order valence-corrected chi connectivity index (χ1v) is 9.67. The number of esters is 1. The zero-order valence-corrected chi connectivity index (χ0v) is 16.5. The van der Waals surface area contributed by atoms with Crippen LogP contribution < -0.4 is 5.73 Å². The molecule has 0 bridgehead atoms. The molecule has 9 heteroatoms. The molecule has 3 rings (SSSR count). The summed E-state index contributed by atoms with van der Waals surface area (Å²) in [5.41, 5.74) is 5.62. The Balaban J connectivity index is 1.48. The van der Waals surface area contributed by atoms with Gasteiger partial charge in [-0.15, -0.1) is 0 Å². The summed E-state index contributed by atoms with van der Waals surface area (Å²) in [7, 11) is 0. The highest BCUT2D eigenvalue weighted by Gasteiger charge is 2.31. The van der Waals surface area contributed by atoms with Crippen molar-refractivity contribution in [2.24, 2.45) is 11.7 Å². The highest BCUT2D eigenvalue weighted by molar-refractivity contribution is 5.94.